The van der Waals surface area contributed by atoms with Crippen molar-refractivity contribution in [3.05, 3.63) is 48.3 Å². The van der Waals surface area contributed by atoms with E-state index in [0.717, 1.165) is 17.1 Å². The predicted molar refractivity (Wildman–Crippen MR) is 91.4 cm³/mol. The number of carbonyl (C=O) groups excluding carboxylic acids is 1. The fraction of sp³-hybridized carbons (Fsp3) is 0.333. The lowest BCUT2D eigenvalue weighted by molar-refractivity contribution is 0.171. The van der Waals surface area contributed by atoms with E-state index in [2.05, 4.69) is 29.5 Å². The highest BCUT2D eigenvalue weighted by atomic mass is 16.6. The molecule has 2 heterocycles. The molecular weight excluding hydrogens is 306 g/mol. The molecule has 0 bridgehead atoms. The Morgan fingerprint density at radius 3 is 2.67 bits per heavy atom. The SMILES string of the molecule is CC(C)C(NC(=O)Nc1cccnc1)c1ccc2c(c1)OCCO2. The van der Waals surface area contributed by atoms with Gasteiger partial charge in [0.2, 0.25) is 0 Å². The maximum Gasteiger partial charge on any atom is 0.319 e. The second-order valence-corrected chi connectivity index (χ2v) is 5.96. The van der Waals surface area contributed by atoms with Crippen LogP contribution in [0.3, 0.4) is 0 Å². The van der Waals surface area contributed by atoms with Gasteiger partial charge in [0.15, 0.2) is 11.5 Å². The number of benzene rings is 1. The summed E-state index contributed by atoms with van der Waals surface area (Å²) in [6.45, 7) is 5.22. The molecule has 0 saturated heterocycles. The lowest BCUT2D eigenvalue weighted by atomic mass is 9.95. The third-order valence-electron chi connectivity index (χ3n) is 3.80. The minimum atomic E-state index is -0.267. The Bertz CT molecular complexity index is 704. The number of hydrogen-bond donors (Lipinski definition) is 2. The molecule has 0 saturated carbocycles. The van der Waals surface area contributed by atoms with Crippen LogP contribution in [-0.2, 0) is 0 Å². The summed E-state index contributed by atoms with van der Waals surface area (Å²) in [5.74, 6) is 1.68. The van der Waals surface area contributed by atoms with E-state index in [9.17, 15) is 4.79 Å². The van der Waals surface area contributed by atoms with E-state index in [1.165, 1.54) is 0 Å². The van der Waals surface area contributed by atoms with E-state index in [-0.39, 0.29) is 18.0 Å². The number of hydrogen-bond acceptors (Lipinski definition) is 4. The van der Waals surface area contributed by atoms with E-state index in [1.54, 1.807) is 24.5 Å². The summed E-state index contributed by atoms with van der Waals surface area (Å²) in [5, 5.41) is 5.80. The Kier molecular flexibility index (Phi) is 4.84. The number of nitrogens with zero attached hydrogens (tertiary/aromatic N) is 1. The summed E-state index contributed by atoms with van der Waals surface area (Å²) in [6.07, 6.45) is 3.27. The predicted octanol–water partition coefficient (Wildman–Crippen LogP) is 3.37. The summed E-state index contributed by atoms with van der Waals surface area (Å²) in [4.78, 5) is 16.3. The third-order valence-corrected chi connectivity index (χ3v) is 3.80. The molecule has 6 heteroatoms. The van der Waals surface area contributed by atoms with Gasteiger partial charge in [-0.1, -0.05) is 19.9 Å². The fourth-order valence-electron chi connectivity index (χ4n) is 2.63. The molecule has 0 fully saturated rings. The highest BCUT2D eigenvalue weighted by Crippen LogP contribution is 2.34. The van der Waals surface area contributed by atoms with Crippen molar-refractivity contribution in [3.8, 4) is 11.5 Å². The third kappa shape index (κ3) is 3.76. The van der Waals surface area contributed by atoms with Gasteiger partial charge in [0, 0.05) is 6.20 Å². The minimum Gasteiger partial charge on any atom is -0.486 e. The molecule has 24 heavy (non-hydrogen) atoms. The van der Waals surface area contributed by atoms with Crippen molar-refractivity contribution in [2.75, 3.05) is 18.5 Å². The van der Waals surface area contributed by atoms with Gasteiger partial charge in [-0.3, -0.25) is 4.98 Å². The molecule has 1 aliphatic heterocycles. The van der Waals surface area contributed by atoms with Crippen molar-refractivity contribution in [3.63, 3.8) is 0 Å². The second-order valence-electron chi connectivity index (χ2n) is 5.96. The van der Waals surface area contributed by atoms with Crippen LogP contribution in [0, 0.1) is 5.92 Å². The number of aromatic nitrogens is 1. The van der Waals surface area contributed by atoms with Gasteiger partial charge < -0.3 is 20.1 Å². The Balaban J connectivity index is 1.74. The molecule has 2 aromatic rings. The lowest BCUT2D eigenvalue weighted by Crippen LogP contribution is -2.35. The summed E-state index contributed by atoms with van der Waals surface area (Å²) in [7, 11) is 0. The fourth-order valence-corrected chi connectivity index (χ4v) is 2.63. The summed E-state index contributed by atoms with van der Waals surface area (Å²) in [5.41, 5.74) is 1.63. The number of rotatable bonds is 4. The molecule has 2 amide bonds. The monoisotopic (exact) mass is 327 g/mol. The summed E-state index contributed by atoms with van der Waals surface area (Å²) < 4.78 is 11.2. The van der Waals surface area contributed by atoms with Gasteiger partial charge in [-0.15, -0.1) is 0 Å². The first-order valence-corrected chi connectivity index (χ1v) is 8.00. The Hall–Kier alpha value is -2.76. The summed E-state index contributed by atoms with van der Waals surface area (Å²) in [6, 6.07) is 8.94. The Morgan fingerprint density at radius 2 is 1.96 bits per heavy atom. The molecule has 0 radical (unpaired) electrons. The smallest absolute Gasteiger partial charge is 0.319 e. The number of anilines is 1. The quantitative estimate of drug-likeness (QED) is 0.903. The van der Waals surface area contributed by atoms with Gasteiger partial charge in [-0.2, -0.15) is 0 Å². The van der Waals surface area contributed by atoms with E-state index >= 15 is 0 Å². The van der Waals surface area contributed by atoms with Crippen LogP contribution in [0.1, 0.15) is 25.5 Å². The number of nitrogens with one attached hydrogen (secondary N) is 2. The average Bonchev–Trinajstić information content (AvgIpc) is 2.60. The highest BCUT2D eigenvalue weighted by Gasteiger charge is 2.21. The molecule has 0 aliphatic carbocycles. The zero-order valence-electron chi connectivity index (χ0n) is 13.8. The van der Waals surface area contributed by atoms with Crippen LogP contribution in [0.4, 0.5) is 10.5 Å². The molecule has 1 aliphatic rings. The van der Waals surface area contributed by atoms with Crippen molar-refractivity contribution in [2.24, 2.45) is 5.92 Å². The van der Waals surface area contributed by atoms with Crippen LogP contribution in [0.25, 0.3) is 0 Å². The maximum absolute atomic E-state index is 12.3. The van der Waals surface area contributed by atoms with Crippen molar-refractivity contribution in [1.29, 1.82) is 0 Å². The average molecular weight is 327 g/mol. The zero-order chi connectivity index (χ0) is 16.9. The topological polar surface area (TPSA) is 72.5 Å². The van der Waals surface area contributed by atoms with Crippen LogP contribution < -0.4 is 20.1 Å². The minimum absolute atomic E-state index is 0.141. The molecular formula is C18H21N3O3. The molecule has 126 valence electrons. The number of pyridine rings is 1. The standard InChI is InChI=1S/C18H21N3O3/c1-12(2)17(21-18(22)20-14-4-3-7-19-11-14)13-5-6-15-16(10-13)24-9-8-23-15/h3-7,10-12,17H,8-9H2,1-2H3,(H2,20,21,22). The number of ether oxygens (including phenoxy) is 2. The first-order chi connectivity index (χ1) is 11.6. The Labute approximate surface area is 141 Å². The number of amides is 2. The van der Waals surface area contributed by atoms with Crippen LogP contribution in [0.15, 0.2) is 42.7 Å². The maximum atomic E-state index is 12.3. The second kappa shape index (κ2) is 7.21. The molecule has 6 nitrogen and oxygen atoms in total. The van der Waals surface area contributed by atoms with E-state index in [0.29, 0.717) is 18.9 Å². The largest absolute Gasteiger partial charge is 0.486 e. The zero-order valence-corrected chi connectivity index (χ0v) is 13.8. The van der Waals surface area contributed by atoms with Gasteiger partial charge in [0.05, 0.1) is 17.9 Å². The normalized spacial score (nSPS) is 14.1. The van der Waals surface area contributed by atoms with Crippen molar-refractivity contribution >= 4 is 11.7 Å². The van der Waals surface area contributed by atoms with E-state index < -0.39 is 0 Å². The molecule has 1 unspecified atom stereocenters. The number of carbonyl (C=O) groups is 1. The summed E-state index contributed by atoms with van der Waals surface area (Å²) >= 11 is 0. The van der Waals surface area contributed by atoms with Crippen molar-refractivity contribution < 1.29 is 14.3 Å². The molecule has 1 aromatic heterocycles. The van der Waals surface area contributed by atoms with Crippen molar-refractivity contribution in [1.82, 2.24) is 10.3 Å². The van der Waals surface area contributed by atoms with Crippen LogP contribution in [0.5, 0.6) is 11.5 Å². The van der Waals surface area contributed by atoms with Gasteiger partial charge in [-0.05, 0) is 35.7 Å². The molecule has 1 aromatic carbocycles. The first kappa shape index (κ1) is 16.1. The van der Waals surface area contributed by atoms with Crippen LogP contribution >= 0.6 is 0 Å². The van der Waals surface area contributed by atoms with E-state index in [4.69, 9.17) is 9.47 Å². The van der Waals surface area contributed by atoms with Gasteiger partial charge in [0.1, 0.15) is 13.2 Å². The van der Waals surface area contributed by atoms with Gasteiger partial charge in [0.25, 0.3) is 0 Å². The van der Waals surface area contributed by atoms with E-state index in [1.807, 2.05) is 18.2 Å². The van der Waals surface area contributed by atoms with Gasteiger partial charge in [-0.25, -0.2) is 4.79 Å². The number of fused-ring (bicyclic) bond motifs is 1. The molecule has 0 spiro atoms. The molecule has 2 N–H and O–H groups in total. The van der Waals surface area contributed by atoms with Gasteiger partial charge >= 0.3 is 6.03 Å². The lowest BCUT2D eigenvalue weighted by Gasteiger charge is -2.25. The molecule has 1 atom stereocenters. The van der Waals surface area contributed by atoms with Crippen LogP contribution in [0.2, 0.25) is 0 Å². The van der Waals surface area contributed by atoms with Crippen LogP contribution in [-0.4, -0.2) is 24.2 Å². The number of urea groups is 1. The molecule has 3 rings (SSSR count). The Morgan fingerprint density at radius 1 is 1.17 bits per heavy atom. The first-order valence-electron chi connectivity index (χ1n) is 8.00. The highest BCUT2D eigenvalue weighted by molar-refractivity contribution is 5.89. The van der Waals surface area contributed by atoms with Crippen molar-refractivity contribution in [2.45, 2.75) is 19.9 Å².